The topological polar surface area (TPSA) is 39.2 Å². The maximum absolute atomic E-state index is 11.6. The molecule has 25 heavy (non-hydrogen) atoms. The molecule has 0 aliphatic carbocycles. The van der Waals surface area contributed by atoms with Crippen molar-refractivity contribution < 1.29 is 9.53 Å². The van der Waals surface area contributed by atoms with Crippen LogP contribution in [0.3, 0.4) is 0 Å². The van der Waals surface area contributed by atoms with Crippen LogP contribution in [-0.2, 0) is 11.2 Å². The molecule has 0 saturated carbocycles. The molecule has 1 heterocycles. The number of hydrogen-bond donors (Lipinski definition) is 0. The van der Waals surface area contributed by atoms with Gasteiger partial charge in [0, 0.05) is 11.6 Å². The highest BCUT2D eigenvalue weighted by atomic mass is 16.5. The number of pyridine rings is 1. The van der Waals surface area contributed by atoms with Crippen LogP contribution in [0.5, 0.6) is 5.75 Å². The molecule has 0 aliphatic rings. The van der Waals surface area contributed by atoms with Crippen LogP contribution in [0, 0.1) is 0 Å². The molecule has 0 amide bonds. The van der Waals surface area contributed by atoms with Crippen molar-refractivity contribution in [3.8, 4) is 17.0 Å². The Balaban J connectivity index is 1.96. The molecule has 0 bridgehead atoms. The number of ether oxygens (including phenoxy) is 1. The van der Waals surface area contributed by atoms with Crippen LogP contribution >= 0.6 is 0 Å². The number of carbonyl (C=O) groups excluding carboxylic acids is 1. The standard InChI is InChI=1S/C22H25NO2/c1-3-5-7-9-18-11-13-19(14-12-18)21-16-15-20(17-23-21)25-22(24)10-8-6-4-2/h4,6,8,10-17H,3,5,7,9H2,1-2H3. The van der Waals surface area contributed by atoms with Crippen molar-refractivity contribution >= 4 is 5.97 Å². The molecule has 2 aromatic rings. The molecule has 0 unspecified atom stereocenters. The minimum atomic E-state index is -0.413. The second-order valence-corrected chi connectivity index (χ2v) is 5.84. The van der Waals surface area contributed by atoms with Crippen molar-refractivity contribution in [2.45, 2.75) is 39.5 Å². The average Bonchev–Trinajstić information content (AvgIpc) is 2.63. The number of esters is 1. The number of aromatic nitrogens is 1. The zero-order valence-corrected chi connectivity index (χ0v) is 14.9. The minimum Gasteiger partial charge on any atom is -0.422 e. The maximum Gasteiger partial charge on any atom is 0.336 e. The van der Waals surface area contributed by atoms with Gasteiger partial charge < -0.3 is 4.74 Å². The molecule has 0 N–H and O–H groups in total. The summed E-state index contributed by atoms with van der Waals surface area (Å²) in [5.74, 6) is 0.0270. The van der Waals surface area contributed by atoms with Gasteiger partial charge >= 0.3 is 5.97 Å². The number of hydrogen-bond acceptors (Lipinski definition) is 3. The normalized spacial score (nSPS) is 11.3. The first-order chi connectivity index (χ1) is 12.2. The fourth-order valence-electron chi connectivity index (χ4n) is 2.43. The van der Waals surface area contributed by atoms with E-state index in [0.29, 0.717) is 5.75 Å². The number of unbranched alkanes of at least 4 members (excludes halogenated alkanes) is 2. The van der Waals surface area contributed by atoms with E-state index in [4.69, 9.17) is 4.74 Å². The number of nitrogens with zero attached hydrogens (tertiary/aromatic N) is 1. The molecule has 1 aromatic carbocycles. The van der Waals surface area contributed by atoms with Crippen LogP contribution in [0.25, 0.3) is 11.3 Å². The Morgan fingerprint density at radius 1 is 1.08 bits per heavy atom. The predicted octanol–water partition coefficient (Wildman–Crippen LogP) is 5.52. The Bertz CT molecular complexity index is 713. The Hall–Kier alpha value is -2.68. The number of benzene rings is 1. The molecule has 0 radical (unpaired) electrons. The van der Waals surface area contributed by atoms with Gasteiger partial charge in [-0.25, -0.2) is 4.79 Å². The van der Waals surface area contributed by atoms with Gasteiger partial charge in [-0.3, -0.25) is 4.98 Å². The van der Waals surface area contributed by atoms with Gasteiger partial charge in [0.15, 0.2) is 0 Å². The molecule has 1 aromatic heterocycles. The lowest BCUT2D eigenvalue weighted by Crippen LogP contribution is -2.03. The van der Waals surface area contributed by atoms with E-state index in [0.717, 1.165) is 17.7 Å². The van der Waals surface area contributed by atoms with Crippen molar-refractivity contribution in [3.05, 3.63) is 72.5 Å². The van der Waals surface area contributed by atoms with E-state index in [-0.39, 0.29) is 0 Å². The van der Waals surface area contributed by atoms with Crippen molar-refractivity contribution in [1.82, 2.24) is 4.98 Å². The third kappa shape index (κ3) is 6.38. The van der Waals surface area contributed by atoms with Crippen LogP contribution in [0.4, 0.5) is 0 Å². The lowest BCUT2D eigenvalue weighted by Gasteiger charge is -2.05. The van der Waals surface area contributed by atoms with Gasteiger partial charge in [-0.05, 0) is 37.5 Å². The number of rotatable bonds is 8. The quantitative estimate of drug-likeness (QED) is 0.276. The van der Waals surface area contributed by atoms with Crippen LogP contribution in [-0.4, -0.2) is 11.0 Å². The third-order valence-electron chi connectivity index (χ3n) is 3.81. The largest absolute Gasteiger partial charge is 0.422 e. The van der Waals surface area contributed by atoms with E-state index in [1.165, 1.54) is 30.9 Å². The molecular weight excluding hydrogens is 310 g/mol. The van der Waals surface area contributed by atoms with Crippen LogP contribution in [0.2, 0.25) is 0 Å². The smallest absolute Gasteiger partial charge is 0.336 e. The Morgan fingerprint density at radius 3 is 2.52 bits per heavy atom. The van der Waals surface area contributed by atoms with Gasteiger partial charge in [0.25, 0.3) is 0 Å². The van der Waals surface area contributed by atoms with Gasteiger partial charge in [0.2, 0.25) is 0 Å². The zero-order chi connectivity index (χ0) is 17.9. The van der Waals surface area contributed by atoms with E-state index in [1.54, 1.807) is 24.4 Å². The van der Waals surface area contributed by atoms with Crippen molar-refractivity contribution in [3.63, 3.8) is 0 Å². The summed E-state index contributed by atoms with van der Waals surface area (Å²) in [7, 11) is 0. The lowest BCUT2D eigenvalue weighted by molar-refractivity contribution is -0.129. The fraction of sp³-hybridized carbons (Fsp3) is 0.273. The molecule has 0 aliphatic heterocycles. The second-order valence-electron chi connectivity index (χ2n) is 5.84. The van der Waals surface area contributed by atoms with Crippen molar-refractivity contribution in [1.29, 1.82) is 0 Å². The first-order valence-electron chi connectivity index (χ1n) is 8.79. The summed E-state index contributed by atoms with van der Waals surface area (Å²) in [6.45, 7) is 4.10. The SMILES string of the molecule is CC=CC=CC(=O)Oc1ccc(-c2ccc(CCCCC)cc2)nc1. The van der Waals surface area contributed by atoms with Crippen LogP contribution in [0.15, 0.2) is 66.9 Å². The van der Waals surface area contributed by atoms with Crippen molar-refractivity contribution in [2.75, 3.05) is 0 Å². The van der Waals surface area contributed by atoms with Gasteiger partial charge in [-0.2, -0.15) is 0 Å². The van der Waals surface area contributed by atoms with Crippen LogP contribution < -0.4 is 4.74 Å². The highest BCUT2D eigenvalue weighted by Crippen LogP contribution is 2.21. The molecule has 130 valence electrons. The second kappa shape index (κ2) is 10.2. The van der Waals surface area contributed by atoms with Crippen molar-refractivity contribution in [2.24, 2.45) is 0 Å². The monoisotopic (exact) mass is 335 g/mol. The Kier molecular flexibility index (Phi) is 7.64. The summed E-state index contributed by atoms with van der Waals surface area (Å²) < 4.78 is 5.20. The van der Waals surface area contributed by atoms with Gasteiger partial charge in [-0.1, -0.05) is 62.3 Å². The van der Waals surface area contributed by atoms with E-state index in [2.05, 4.69) is 36.2 Å². The molecule has 0 saturated heterocycles. The molecular formula is C22H25NO2. The van der Waals surface area contributed by atoms with Gasteiger partial charge in [-0.15, -0.1) is 0 Å². The highest BCUT2D eigenvalue weighted by molar-refractivity contribution is 5.84. The first-order valence-corrected chi connectivity index (χ1v) is 8.79. The van der Waals surface area contributed by atoms with Gasteiger partial charge in [0.05, 0.1) is 11.9 Å². The molecule has 0 fully saturated rings. The third-order valence-corrected chi connectivity index (χ3v) is 3.81. The first kappa shape index (κ1) is 18.7. The van der Waals surface area contributed by atoms with E-state index < -0.39 is 5.97 Å². The summed E-state index contributed by atoms with van der Waals surface area (Å²) in [6, 6.07) is 12.1. The molecule has 3 heteroatoms. The Morgan fingerprint density at radius 2 is 1.88 bits per heavy atom. The summed E-state index contributed by atoms with van der Waals surface area (Å²) in [4.78, 5) is 16.0. The lowest BCUT2D eigenvalue weighted by atomic mass is 10.0. The number of aryl methyl sites for hydroxylation is 1. The number of allylic oxidation sites excluding steroid dienone is 3. The Labute approximate surface area is 150 Å². The summed E-state index contributed by atoms with van der Waals surface area (Å²) in [5.41, 5.74) is 3.28. The molecule has 0 spiro atoms. The van der Waals surface area contributed by atoms with Crippen LogP contribution in [0.1, 0.15) is 38.7 Å². The predicted molar refractivity (Wildman–Crippen MR) is 102 cm³/mol. The van der Waals surface area contributed by atoms with E-state index >= 15 is 0 Å². The van der Waals surface area contributed by atoms with Gasteiger partial charge in [0.1, 0.15) is 5.75 Å². The highest BCUT2D eigenvalue weighted by Gasteiger charge is 2.03. The molecule has 3 nitrogen and oxygen atoms in total. The summed E-state index contributed by atoms with van der Waals surface area (Å²) in [5, 5.41) is 0. The fourth-order valence-corrected chi connectivity index (χ4v) is 2.43. The average molecular weight is 335 g/mol. The minimum absolute atomic E-state index is 0.413. The van der Waals surface area contributed by atoms with E-state index in [9.17, 15) is 4.79 Å². The number of carbonyl (C=O) groups is 1. The maximum atomic E-state index is 11.6. The molecule has 2 rings (SSSR count). The summed E-state index contributed by atoms with van der Waals surface area (Å²) >= 11 is 0. The zero-order valence-electron chi connectivity index (χ0n) is 14.9. The molecule has 0 atom stereocenters. The summed E-state index contributed by atoms with van der Waals surface area (Å²) in [6.07, 6.45) is 13.1. The van der Waals surface area contributed by atoms with E-state index in [1.807, 2.05) is 19.1 Å².